The summed E-state index contributed by atoms with van der Waals surface area (Å²) in [6.07, 6.45) is 3.24. The highest BCUT2D eigenvalue weighted by Gasteiger charge is 2.41. The summed E-state index contributed by atoms with van der Waals surface area (Å²) in [6.45, 7) is 1.81. The highest BCUT2D eigenvalue weighted by atomic mass is 79.9. The van der Waals surface area contributed by atoms with Gasteiger partial charge >= 0.3 is 0 Å². The standard InChI is InChI=1S/C13H17BrFNO/c14-12-2-1-11(15)7-10(12)8-16-9-13(3-4-13)5-6-17/h1-2,7,16-17H,3-6,8-9H2. The van der Waals surface area contributed by atoms with Gasteiger partial charge in [0.25, 0.3) is 0 Å². The van der Waals surface area contributed by atoms with Crippen molar-refractivity contribution in [3.8, 4) is 0 Å². The minimum atomic E-state index is -0.207. The molecule has 0 atom stereocenters. The zero-order valence-corrected chi connectivity index (χ0v) is 11.3. The molecule has 94 valence electrons. The van der Waals surface area contributed by atoms with E-state index in [-0.39, 0.29) is 12.4 Å². The maximum Gasteiger partial charge on any atom is 0.123 e. The molecule has 0 aliphatic heterocycles. The summed E-state index contributed by atoms with van der Waals surface area (Å²) in [7, 11) is 0. The van der Waals surface area contributed by atoms with Crippen LogP contribution in [0.2, 0.25) is 0 Å². The summed E-state index contributed by atoms with van der Waals surface area (Å²) in [5.74, 6) is -0.207. The van der Waals surface area contributed by atoms with Crippen molar-refractivity contribution in [3.63, 3.8) is 0 Å². The summed E-state index contributed by atoms with van der Waals surface area (Å²) in [5.41, 5.74) is 1.24. The molecule has 1 aliphatic carbocycles. The monoisotopic (exact) mass is 301 g/mol. The molecule has 4 heteroatoms. The normalized spacial score (nSPS) is 17.1. The Morgan fingerprint density at radius 3 is 2.82 bits per heavy atom. The van der Waals surface area contributed by atoms with E-state index in [9.17, 15) is 4.39 Å². The van der Waals surface area contributed by atoms with Crippen LogP contribution in [0, 0.1) is 11.2 Å². The first-order chi connectivity index (χ1) is 8.15. The van der Waals surface area contributed by atoms with Gasteiger partial charge in [0.05, 0.1) is 0 Å². The van der Waals surface area contributed by atoms with Crippen molar-refractivity contribution in [3.05, 3.63) is 34.1 Å². The fraction of sp³-hybridized carbons (Fsp3) is 0.538. The molecule has 1 aromatic carbocycles. The smallest absolute Gasteiger partial charge is 0.123 e. The molecule has 1 fully saturated rings. The van der Waals surface area contributed by atoms with Gasteiger partial charge in [-0.15, -0.1) is 0 Å². The van der Waals surface area contributed by atoms with Gasteiger partial charge in [-0.2, -0.15) is 0 Å². The number of halogens is 2. The first-order valence-corrected chi connectivity index (χ1v) is 6.70. The van der Waals surface area contributed by atoms with E-state index in [2.05, 4.69) is 21.2 Å². The van der Waals surface area contributed by atoms with Crippen LogP contribution in [-0.2, 0) is 6.54 Å². The minimum absolute atomic E-state index is 0.207. The minimum Gasteiger partial charge on any atom is -0.396 e. The van der Waals surface area contributed by atoms with Gasteiger partial charge in [0.15, 0.2) is 0 Å². The van der Waals surface area contributed by atoms with Crippen LogP contribution in [0.25, 0.3) is 0 Å². The molecule has 17 heavy (non-hydrogen) atoms. The van der Waals surface area contributed by atoms with Crippen molar-refractivity contribution < 1.29 is 9.50 Å². The molecule has 2 nitrogen and oxygen atoms in total. The Balaban J connectivity index is 1.84. The molecule has 0 saturated heterocycles. The van der Waals surface area contributed by atoms with Gasteiger partial charge in [0, 0.05) is 24.2 Å². The lowest BCUT2D eigenvalue weighted by molar-refractivity contribution is 0.245. The van der Waals surface area contributed by atoms with Crippen molar-refractivity contribution in [2.24, 2.45) is 5.41 Å². The topological polar surface area (TPSA) is 32.3 Å². The SMILES string of the molecule is OCCC1(CNCc2cc(F)ccc2Br)CC1. The lowest BCUT2D eigenvalue weighted by Gasteiger charge is -2.15. The number of benzene rings is 1. The summed E-state index contributed by atoms with van der Waals surface area (Å²) >= 11 is 3.41. The highest BCUT2D eigenvalue weighted by molar-refractivity contribution is 9.10. The van der Waals surface area contributed by atoms with Crippen LogP contribution in [0.4, 0.5) is 4.39 Å². The molecule has 0 amide bonds. The second kappa shape index (κ2) is 5.46. The lowest BCUT2D eigenvalue weighted by atomic mass is 10.0. The van der Waals surface area contributed by atoms with Gasteiger partial charge in [-0.1, -0.05) is 15.9 Å². The van der Waals surface area contributed by atoms with Gasteiger partial charge in [-0.25, -0.2) is 4.39 Å². The molecule has 1 aliphatic rings. The summed E-state index contributed by atoms with van der Waals surface area (Å²) in [6, 6.07) is 4.72. The van der Waals surface area contributed by atoms with Gasteiger partial charge in [0.1, 0.15) is 5.82 Å². The summed E-state index contributed by atoms with van der Waals surface area (Å²) < 4.78 is 14.0. The summed E-state index contributed by atoms with van der Waals surface area (Å²) in [4.78, 5) is 0. The third kappa shape index (κ3) is 3.50. The van der Waals surface area contributed by atoms with Crippen LogP contribution in [0.15, 0.2) is 22.7 Å². The van der Waals surface area contributed by atoms with E-state index in [4.69, 9.17) is 5.11 Å². The Hall–Kier alpha value is -0.450. The van der Waals surface area contributed by atoms with Crippen molar-refractivity contribution in [1.29, 1.82) is 0 Å². The zero-order chi connectivity index (χ0) is 12.3. The molecule has 1 aromatic rings. The zero-order valence-electron chi connectivity index (χ0n) is 9.68. The Bertz CT molecular complexity index is 393. The number of aliphatic hydroxyl groups excluding tert-OH is 1. The van der Waals surface area contributed by atoms with Crippen LogP contribution in [0.5, 0.6) is 0 Å². The third-order valence-corrected chi connectivity index (χ3v) is 4.20. The van der Waals surface area contributed by atoms with E-state index in [0.717, 1.165) is 23.0 Å². The lowest BCUT2D eigenvalue weighted by Crippen LogP contribution is -2.24. The molecule has 0 heterocycles. The average molecular weight is 302 g/mol. The third-order valence-electron chi connectivity index (χ3n) is 3.42. The average Bonchev–Trinajstić information content (AvgIpc) is 3.04. The molecule has 0 spiro atoms. The van der Waals surface area contributed by atoms with Crippen molar-refractivity contribution >= 4 is 15.9 Å². The maximum absolute atomic E-state index is 13.1. The molecule has 2 rings (SSSR count). The number of hydrogen-bond acceptors (Lipinski definition) is 2. The van der Waals surface area contributed by atoms with E-state index in [0.29, 0.717) is 12.0 Å². The van der Waals surface area contributed by atoms with Crippen LogP contribution >= 0.6 is 15.9 Å². The maximum atomic E-state index is 13.1. The Morgan fingerprint density at radius 1 is 1.41 bits per heavy atom. The first-order valence-electron chi connectivity index (χ1n) is 5.91. The number of nitrogens with one attached hydrogen (secondary N) is 1. The predicted molar refractivity (Wildman–Crippen MR) is 69.2 cm³/mol. The van der Waals surface area contributed by atoms with E-state index < -0.39 is 0 Å². The van der Waals surface area contributed by atoms with Crippen molar-refractivity contribution in [2.75, 3.05) is 13.2 Å². The first kappa shape index (κ1) is 13.0. The number of rotatable bonds is 6. The predicted octanol–water partition coefficient (Wildman–Crippen LogP) is 2.84. The van der Waals surface area contributed by atoms with Gasteiger partial charge in [0.2, 0.25) is 0 Å². The van der Waals surface area contributed by atoms with Crippen molar-refractivity contribution in [1.82, 2.24) is 5.32 Å². The van der Waals surface area contributed by atoms with Crippen LogP contribution < -0.4 is 5.32 Å². The fourth-order valence-corrected chi connectivity index (χ4v) is 2.46. The van der Waals surface area contributed by atoms with E-state index in [1.54, 1.807) is 12.1 Å². The van der Waals surface area contributed by atoms with E-state index in [1.165, 1.54) is 18.9 Å². The largest absolute Gasteiger partial charge is 0.396 e. The van der Waals surface area contributed by atoms with Gasteiger partial charge in [-0.3, -0.25) is 0 Å². The quantitative estimate of drug-likeness (QED) is 0.847. The van der Waals surface area contributed by atoms with Crippen LogP contribution in [0.3, 0.4) is 0 Å². The number of aliphatic hydroxyl groups is 1. The molecule has 2 N–H and O–H groups in total. The Morgan fingerprint density at radius 2 is 2.18 bits per heavy atom. The molecule has 0 bridgehead atoms. The van der Waals surface area contributed by atoms with Gasteiger partial charge < -0.3 is 10.4 Å². The highest BCUT2D eigenvalue weighted by Crippen LogP contribution is 2.47. The fourth-order valence-electron chi connectivity index (χ4n) is 2.07. The van der Waals surface area contributed by atoms with Gasteiger partial charge in [-0.05, 0) is 48.4 Å². The Kier molecular flexibility index (Phi) is 4.17. The second-order valence-electron chi connectivity index (χ2n) is 4.81. The molecular weight excluding hydrogens is 285 g/mol. The molecule has 0 aromatic heterocycles. The summed E-state index contributed by atoms with van der Waals surface area (Å²) in [5, 5.41) is 12.3. The molecule has 0 unspecified atom stereocenters. The van der Waals surface area contributed by atoms with Crippen LogP contribution in [0.1, 0.15) is 24.8 Å². The number of hydrogen-bond donors (Lipinski definition) is 2. The van der Waals surface area contributed by atoms with E-state index in [1.807, 2.05) is 0 Å². The molecule has 0 radical (unpaired) electrons. The van der Waals surface area contributed by atoms with Crippen molar-refractivity contribution in [2.45, 2.75) is 25.8 Å². The molecule has 1 saturated carbocycles. The van der Waals surface area contributed by atoms with Crippen LogP contribution in [-0.4, -0.2) is 18.3 Å². The second-order valence-corrected chi connectivity index (χ2v) is 5.67. The van der Waals surface area contributed by atoms with E-state index >= 15 is 0 Å². The molecular formula is C13H17BrFNO. The Labute approximate surface area is 109 Å².